The van der Waals surface area contributed by atoms with Crippen LogP contribution in [0.25, 0.3) is 0 Å². The fraction of sp³-hybridized carbons (Fsp3) is 0.800. The SMILES string of the molecule is CCC1CC=C2CCC21C. The third-order valence-electron chi connectivity index (χ3n) is 3.69. The molecule has 0 saturated heterocycles. The second kappa shape index (κ2) is 1.87. The molecule has 0 heteroatoms. The highest BCUT2D eigenvalue weighted by Gasteiger charge is 2.45. The predicted molar refractivity (Wildman–Crippen MR) is 43.8 cm³/mol. The van der Waals surface area contributed by atoms with Crippen molar-refractivity contribution in [2.75, 3.05) is 0 Å². The van der Waals surface area contributed by atoms with E-state index < -0.39 is 0 Å². The Kier molecular flexibility index (Phi) is 1.21. The standard InChI is InChI=1S/C10H16/c1-3-8-4-5-9-6-7-10(8,9)2/h5,8H,3-4,6-7H2,1-2H3. The summed E-state index contributed by atoms with van der Waals surface area (Å²) in [6.45, 7) is 4.77. The summed E-state index contributed by atoms with van der Waals surface area (Å²) >= 11 is 0. The maximum Gasteiger partial charge on any atom is -0.00822 e. The lowest BCUT2D eigenvalue weighted by atomic mass is 9.62. The molecule has 0 spiro atoms. The lowest BCUT2D eigenvalue weighted by Gasteiger charge is -2.43. The molecule has 0 nitrogen and oxygen atoms in total. The van der Waals surface area contributed by atoms with Gasteiger partial charge < -0.3 is 0 Å². The molecule has 0 amide bonds. The molecular formula is C10H16. The number of hydrogen-bond acceptors (Lipinski definition) is 0. The summed E-state index contributed by atoms with van der Waals surface area (Å²) in [5.41, 5.74) is 2.42. The van der Waals surface area contributed by atoms with E-state index >= 15 is 0 Å². The van der Waals surface area contributed by atoms with Crippen molar-refractivity contribution in [3.05, 3.63) is 11.6 Å². The minimum absolute atomic E-state index is 0.661. The van der Waals surface area contributed by atoms with E-state index in [-0.39, 0.29) is 0 Å². The lowest BCUT2D eigenvalue weighted by Crippen LogP contribution is -2.32. The van der Waals surface area contributed by atoms with Gasteiger partial charge in [-0.15, -0.1) is 0 Å². The molecule has 0 aliphatic heterocycles. The van der Waals surface area contributed by atoms with Gasteiger partial charge in [0, 0.05) is 0 Å². The van der Waals surface area contributed by atoms with Gasteiger partial charge in [0.15, 0.2) is 0 Å². The predicted octanol–water partition coefficient (Wildman–Crippen LogP) is 3.14. The maximum atomic E-state index is 2.48. The Morgan fingerprint density at radius 2 is 2.50 bits per heavy atom. The van der Waals surface area contributed by atoms with Gasteiger partial charge in [0.1, 0.15) is 0 Å². The third kappa shape index (κ3) is 0.574. The Morgan fingerprint density at radius 1 is 1.70 bits per heavy atom. The normalized spacial score (nSPS) is 44.2. The molecule has 0 aromatic heterocycles. The number of rotatable bonds is 1. The van der Waals surface area contributed by atoms with Crippen LogP contribution in [0.1, 0.15) is 39.5 Å². The van der Waals surface area contributed by atoms with Crippen molar-refractivity contribution < 1.29 is 0 Å². The first-order valence-electron chi connectivity index (χ1n) is 4.47. The molecule has 0 radical (unpaired) electrons. The summed E-state index contributed by atoms with van der Waals surface area (Å²) < 4.78 is 0. The fourth-order valence-corrected chi connectivity index (χ4v) is 2.63. The average molecular weight is 136 g/mol. The molecule has 10 heavy (non-hydrogen) atoms. The van der Waals surface area contributed by atoms with Crippen LogP contribution in [0.3, 0.4) is 0 Å². The van der Waals surface area contributed by atoms with Crippen LogP contribution in [0, 0.1) is 11.3 Å². The Bertz CT molecular complexity index is 178. The van der Waals surface area contributed by atoms with Gasteiger partial charge in [-0.3, -0.25) is 0 Å². The van der Waals surface area contributed by atoms with Crippen LogP contribution >= 0.6 is 0 Å². The van der Waals surface area contributed by atoms with Crippen LogP contribution in [0.4, 0.5) is 0 Å². The summed E-state index contributed by atoms with van der Waals surface area (Å²) in [4.78, 5) is 0. The summed E-state index contributed by atoms with van der Waals surface area (Å²) in [5.74, 6) is 0.983. The Balaban J connectivity index is 2.20. The van der Waals surface area contributed by atoms with Crippen LogP contribution in [-0.2, 0) is 0 Å². The van der Waals surface area contributed by atoms with Crippen molar-refractivity contribution in [2.24, 2.45) is 11.3 Å². The van der Waals surface area contributed by atoms with Crippen LogP contribution in [0.5, 0.6) is 0 Å². The second-order valence-corrected chi connectivity index (χ2v) is 3.99. The summed E-state index contributed by atoms with van der Waals surface area (Å²) in [6, 6.07) is 0. The first-order chi connectivity index (χ1) is 4.77. The number of allylic oxidation sites excluding steroid dienone is 2. The quantitative estimate of drug-likeness (QED) is 0.486. The Hall–Kier alpha value is -0.260. The molecule has 1 saturated carbocycles. The smallest absolute Gasteiger partial charge is 0.00822 e. The molecule has 0 N–H and O–H groups in total. The molecule has 0 bridgehead atoms. The molecular weight excluding hydrogens is 120 g/mol. The molecule has 56 valence electrons. The highest BCUT2D eigenvalue weighted by atomic mass is 14.5. The first-order valence-corrected chi connectivity index (χ1v) is 4.47. The minimum Gasteiger partial charge on any atom is -0.0845 e. The Morgan fingerprint density at radius 3 is 2.80 bits per heavy atom. The maximum absolute atomic E-state index is 2.48. The van der Waals surface area contributed by atoms with Gasteiger partial charge in [-0.05, 0) is 30.6 Å². The van der Waals surface area contributed by atoms with E-state index in [0.29, 0.717) is 5.41 Å². The molecule has 2 atom stereocenters. The van der Waals surface area contributed by atoms with Crippen LogP contribution in [0.15, 0.2) is 11.6 Å². The molecule has 1 fully saturated rings. The molecule has 2 unspecified atom stereocenters. The second-order valence-electron chi connectivity index (χ2n) is 3.99. The lowest BCUT2D eigenvalue weighted by molar-refractivity contribution is 0.176. The Labute approximate surface area is 63.3 Å². The zero-order chi connectivity index (χ0) is 7.19. The zero-order valence-electron chi connectivity index (χ0n) is 6.98. The van der Waals surface area contributed by atoms with Gasteiger partial charge in [-0.25, -0.2) is 0 Å². The number of fused-ring (bicyclic) bond motifs is 1. The van der Waals surface area contributed by atoms with E-state index in [9.17, 15) is 0 Å². The molecule has 2 rings (SSSR count). The van der Waals surface area contributed by atoms with Crippen molar-refractivity contribution >= 4 is 0 Å². The van der Waals surface area contributed by atoms with Crippen molar-refractivity contribution in [3.63, 3.8) is 0 Å². The number of hydrogen-bond donors (Lipinski definition) is 0. The van der Waals surface area contributed by atoms with Crippen LogP contribution in [-0.4, -0.2) is 0 Å². The first kappa shape index (κ1) is 6.45. The van der Waals surface area contributed by atoms with Crippen molar-refractivity contribution in [1.82, 2.24) is 0 Å². The third-order valence-corrected chi connectivity index (χ3v) is 3.69. The molecule has 2 aliphatic rings. The van der Waals surface area contributed by atoms with Gasteiger partial charge in [-0.2, -0.15) is 0 Å². The monoisotopic (exact) mass is 136 g/mol. The van der Waals surface area contributed by atoms with Crippen LogP contribution in [0.2, 0.25) is 0 Å². The minimum atomic E-state index is 0.661. The van der Waals surface area contributed by atoms with Gasteiger partial charge >= 0.3 is 0 Å². The molecule has 0 heterocycles. The van der Waals surface area contributed by atoms with Crippen molar-refractivity contribution in [3.8, 4) is 0 Å². The zero-order valence-corrected chi connectivity index (χ0v) is 6.98. The van der Waals surface area contributed by atoms with Gasteiger partial charge in [0.25, 0.3) is 0 Å². The van der Waals surface area contributed by atoms with Crippen molar-refractivity contribution in [1.29, 1.82) is 0 Å². The van der Waals surface area contributed by atoms with Gasteiger partial charge in [-0.1, -0.05) is 31.9 Å². The largest absolute Gasteiger partial charge is 0.0845 e. The summed E-state index contributed by atoms with van der Waals surface area (Å²) in [7, 11) is 0. The van der Waals surface area contributed by atoms with E-state index in [4.69, 9.17) is 0 Å². The van der Waals surface area contributed by atoms with E-state index in [1.165, 1.54) is 25.7 Å². The fourth-order valence-electron chi connectivity index (χ4n) is 2.63. The highest BCUT2D eigenvalue weighted by molar-refractivity contribution is 5.28. The summed E-state index contributed by atoms with van der Waals surface area (Å²) in [5, 5.41) is 0. The topological polar surface area (TPSA) is 0 Å². The molecule has 0 aromatic rings. The molecule has 0 aromatic carbocycles. The average Bonchev–Trinajstić information content (AvgIpc) is 2.12. The van der Waals surface area contributed by atoms with E-state index in [0.717, 1.165) is 5.92 Å². The van der Waals surface area contributed by atoms with E-state index in [2.05, 4.69) is 19.9 Å². The van der Waals surface area contributed by atoms with Gasteiger partial charge in [0.05, 0.1) is 0 Å². The van der Waals surface area contributed by atoms with E-state index in [1.54, 1.807) is 5.57 Å². The van der Waals surface area contributed by atoms with Crippen molar-refractivity contribution in [2.45, 2.75) is 39.5 Å². The van der Waals surface area contributed by atoms with Crippen LogP contribution < -0.4 is 0 Å². The van der Waals surface area contributed by atoms with Gasteiger partial charge in [0.2, 0.25) is 0 Å². The summed E-state index contributed by atoms with van der Waals surface area (Å²) in [6.07, 6.45) is 8.07. The molecule has 2 aliphatic carbocycles. The highest BCUT2D eigenvalue weighted by Crippen LogP contribution is 2.57. The van der Waals surface area contributed by atoms with E-state index in [1.807, 2.05) is 0 Å².